The second kappa shape index (κ2) is 4.44. The van der Waals surface area contributed by atoms with Gasteiger partial charge in [-0.1, -0.05) is 36.3 Å². The highest BCUT2D eigenvalue weighted by Gasteiger charge is 1.99. The average Bonchev–Trinajstić information content (AvgIpc) is 2.15. The van der Waals surface area contributed by atoms with Gasteiger partial charge in [-0.2, -0.15) is 0 Å². The number of hydrogen-bond acceptors (Lipinski definition) is 2. The van der Waals surface area contributed by atoms with Crippen molar-refractivity contribution in [2.75, 3.05) is 0 Å². The van der Waals surface area contributed by atoms with E-state index >= 15 is 0 Å². The zero-order valence-corrected chi connectivity index (χ0v) is 7.32. The molecule has 0 saturated heterocycles. The molecule has 0 aliphatic heterocycles. The third-order valence-electron chi connectivity index (χ3n) is 1.43. The molecular weight excluding hydrogens is 164 g/mol. The fraction of sp³-hybridized carbons (Fsp3) is 0.182. The van der Waals surface area contributed by atoms with E-state index < -0.39 is 6.10 Å². The number of ketones is 1. The first-order valence-corrected chi connectivity index (χ1v) is 3.99. The van der Waals surface area contributed by atoms with Crippen LogP contribution in [0.3, 0.4) is 0 Å². The summed E-state index contributed by atoms with van der Waals surface area (Å²) >= 11 is 0. The molecule has 13 heavy (non-hydrogen) atoms. The molecule has 0 amide bonds. The molecule has 0 fully saturated rings. The minimum Gasteiger partial charge on any atom is -0.381 e. The van der Waals surface area contributed by atoms with Crippen LogP contribution in [0.2, 0.25) is 0 Å². The Balaban J connectivity index is 2.78. The van der Waals surface area contributed by atoms with Gasteiger partial charge in [0.25, 0.3) is 0 Å². The van der Waals surface area contributed by atoms with Crippen LogP contribution in [0, 0.1) is 11.8 Å². The number of aliphatic hydroxyl groups excluding tert-OH is 1. The van der Waals surface area contributed by atoms with E-state index in [0.29, 0.717) is 5.56 Å². The highest BCUT2D eigenvalue weighted by atomic mass is 16.3. The summed E-state index contributed by atoms with van der Waals surface area (Å²) in [6.45, 7) is 1.52. The van der Waals surface area contributed by atoms with E-state index in [4.69, 9.17) is 5.11 Å². The number of rotatable bonds is 1. The molecule has 1 unspecified atom stereocenters. The van der Waals surface area contributed by atoms with Crippen molar-refractivity contribution in [3.63, 3.8) is 0 Å². The monoisotopic (exact) mass is 174 g/mol. The second-order valence-corrected chi connectivity index (χ2v) is 2.64. The van der Waals surface area contributed by atoms with E-state index in [1.54, 1.807) is 24.3 Å². The van der Waals surface area contributed by atoms with Crippen molar-refractivity contribution >= 4 is 5.78 Å². The standard InChI is InChI=1S/C11H10O2/c1-9(12)7-8-11(13)10-5-3-2-4-6-10/h2-6,9,12H,1H3. The molecule has 0 bridgehead atoms. The first-order valence-electron chi connectivity index (χ1n) is 3.99. The van der Waals surface area contributed by atoms with Crippen LogP contribution in [-0.2, 0) is 0 Å². The quantitative estimate of drug-likeness (QED) is 0.395. The summed E-state index contributed by atoms with van der Waals surface area (Å²) in [6, 6.07) is 8.77. The zero-order chi connectivity index (χ0) is 9.68. The highest BCUT2D eigenvalue weighted by Crippen LogP contribution is 1.98. The van der Waals surface area contributed by atoms with Gasteiger partial charge in [0.1, 0.15) is 6.10 Å². The SMILES string of the molecule is CC(O)C#CC(=O)c1ccccc1. The van der Waals surface area contributed by atoms with Crippen LogP contribution in [0.1, 0.15) is 17.3 Å². The number of hydrogen-bond donors (Lipinski definition) is 1. The Morgan fingerprint density at radius 2 is 2.00 bits per heavy atom. The Bertz CT molecular complexity index is 341. The van der Waals surface area contributed by atoms with Crippen molar-refractivity contribution in [3.8, 4) is 11.8 Å². The van der Waals surface area contributed by atoms with E-state index in [9.17, 15) is 4.79 Å². The Hall–Kier alpha value is -1.59. The molecule has 2 nitrogen and oxygen atoms in total. The lowest BCUT2D eigenvalue weighted by Gasteiger charge is -1.91. The molecule has 1 N–H and O–H groups in total. The molecule has 0 heterocycles. The molecule has 1 atom stereocenters. The summed E-state index contributed by atoms with van der Waals surface area (Å²) in [6.07, 6.45) is -0.757. The van der Waals surface area contributed by atoms with Gasteiger partial charge in [-0.05, 0) is 12.8 Å². The van der Waals surface area contributed by atoms with Gasteiger partial charge in [0.2, 0.25) is 5.78 Å². The lowest BCUT2D eigenvalue weighted by molar-refractivity contribution is 0.105. The average molecular weight is 174 g/mol. The molecule has 66 valence electrons. The lowest BCUT2D eigenvalue weighted by atomic mass is 10.1. The van der Waals surface area contributed by atoms with Crippen molar-refractivity contribution in [3.05, 3.63) is 35.9 Å². The van der Waals surface area contributed by atoms with Crippen LogP contribution >= 0.6 is 0 Å². The predicted octanol–water partition coefficient (Wildman–Crippen LogP) is 1.25. The fourth-order valence-corrected chi connectivity index (χ4v) is 0.832. The maximum atomic E-state index is 11.3. The third kappa shape index (κ3) is 3.10. The van der Waals surface area contributed by atoms with Gasteiger partial charge in [-0.15, -0.1) is 0 Å². The highest BCUT2D eigenvalue weighted by molar-refractivity contribution is 6.08. The van der Waals surface area contributed by atoms with E-state index in [0.717, 1.165) is 0 Å². The molecule has 0 aromatic heterocycles. The molecule has 0 aliphatic rings. The minimum atomic E-state index is -0.757. The Kier molecular flexibility index (Phi) is 3.24. The van der Waals surface area contributed by atoms with Crippen LogP contribution in [0.25, 0.3) is 0 Å². The van der Waals surface area contributed by atoms with Crippen LogP contribution < -0.4 is 0 Å². The summed E-state index contributed by atoms with van der Waals surface area (Å²) in [5.74, 6) is 4.50. The largest absolute Gasteiger partial charge is 0.381 e. The maximum Gasteiger partial charge on any atom is 0.235 e. The van der Waals surface area contributed by atoms with Crippen LogP contribution in [0.5, 0.6) is 0 Å². The number of Topliss-reactive ketones (excluding diaryl/α,β-unsaturated/α-hetero) is 1. The Morgan fingerprint density at radius 1 is 1.38 bits per heavy atom. The molecule has 0 saturated carbocycles. The second-order valence-electron chi connectivity index (χ2n) is 2.64. The van der Waals surface area contributed by atoms with Crippen LogP contribution in [0.15, 0.2) is 30.3 Å². The van der Waals surface area contributed by atoms with Gasteiger partial charge in [0, 0.05) is 5.56 Å². The minimum absolute atomic E-state index is 0.262. The summed E-state index contributed by atoms with van der Waals surface area (Å²) < 4.78 is 0. The van der Waals surface area contributed by atoms with Crippen molar-refractivity contribution in [1.29, 1.82) is 0 Å². The first-order chi connectivity index (χ1) is 6.20. The summed E-state index contributed by atoms with van der Waals surface area (Å²) in [4.78, 5) is 11.3. The topological polar surface area (TPSA) is 37.3 Å². The number of carbonyl (C=O) groups is 1. The van der Waals surface area contributed by atoms with Gasteiger partial charge in [0.15, 0.2) is 0 Å². The van der Waals surface area contributed by atoms with Gasteiger partial charge in [-0.25, -0.2) is 0 Å². The normalized spacial score (nSPS) is 11.2. The lowest BCUT2D eigenvalue weighted by Crippen LogP contribution is -1.98. The first kappa shape index (κ1) is 9.50. The zero-order valence-electron chi connectivity index (χ0n) is 7.32. The van der Waals surface area contributed by atoms with E-state index in [1.807, 2.05) is 6.07 Å². The molecule has 0 spiro atoms. The predicted molar refractivity (Wildman–Crippen MR) is 50.2 cm³/mol. The molecule has 2 heteroatoms. The molecule has 0 radical (unpaired) electrons. The van der Waals surface area contributed by atoms with Gasteiger partial charge in [0.05, 0.1) is 0 Å². The van der Waals surface area contributed by atoms with Crippen molar-refractivity contribution in [2.24, 2.45) is 0 Å². The maximum absolute atomic E-state index is 11.3. The smallest absolute Gasteiger partial charge is 0.235 e. The number of benzene rings is 1. The number of aliphatic hydroxyl groups is 1. The van der Waals surface area contributed by atoms with Gasteiger partial charge < -0.3 is 5.11 Å². The van der Waals surface area contributed by atoms with Gasteiger partial charge >= 0.3 is 0 Å². The molecular formula is C11H10O2. The van der Waals surface area contributed by atoms with Crippen LogP contribution in [0.4, 0.5) is 0 Å². The van der Waals surface area contributed by atoms with Crippen molar-refractivity contribution in [2.45, 2.75) is 13.0 Å². The molecule has 1 aromatic carbocycles. The fourth-order valence-electron chi connectivity index (χ4n) is 0.832. The summed E-state index contributed by atoms with van der Waals surface area (Å²) in [7, 11) is 0. The Labute approximate surface area is 77.2 Å². The van der Waals surface area contributed by atoms with Crippen LogP contribution in [-0.4, -0.2) is 17.0 Å². The van der Waals surface area contributed by atoms with E-state index in [2.05, 4.69) is 11.8 Å². The molecule has 0 aliphatic carbocycles. The third-order valence-corrected chi connectivity index (χ3v) is 1.43. The summed E-state index contributed by atoms with van der Waals surface area (Å²) in [5.41, 5.74) is 0.552. The van der Waals surface area contributed by atoms with Crippen molar-refractivity contribution < 1.29 is 9.90 Å². The van der Waals surface area contributed by atoms with E-state index in [-0.39, 0.29) is 5.78 Å². The van der Waals surface area contributed by atoms with Gasteiger partial charge in [-0.3, -0.25) is 4.79 Å². The molecule has 1 rings (SSSR count). The summed E-state index contributed by atoms with van der Waals surface area (Å²) in [5, 5.41) is 8.82. The number of carbonyl (C=O) groups excluding carboxylic acids is 1. The van der Waals surface area contributed by atoms with E-state index in [1.165, 1.54) is 6.92 Å². The molecule has 1 aromatic rings. The van der Waals surface area contributed by atoms with Crippen molar-refractivity contribution in [1.82, 2.24) is 0 Å². The Morgan fingerprint density at radius 3 is 2.54 bits per heavy atom.